The van der Waals surface area contributed by atoms with Crippen molar-refractivity contribution in [3.63, 3.8) is 0 Å². The van der Waals surface area contributed by atoms with E-state index >= 15 is 0 Å². The fourth-order valence-electron chi connectivity index (χ4n) is 2.09. The van der Waals surface area contributed by atoms with Gasteiger partial charge >= 0.3 is 0 Å². The van der Waals surface area contributed by atoms with Crippen LogP contribution in [-0.2, 0) is 6.54 Å². The van der Waals surface area contributed by atoms with Crippen LogP contribution in [0.1, 0.15) is 19.4 Å². The number of nitrogens with one attached hydrogen (secondary N) is 2. The SMILES string of the molecule is CCN(CC)Cc1cccc(NC2CNC2)c1. The monoisotopic (exact) mass is 233 g/mol. The van der Waals surface area contributed by atoms with E-state index in [9.17, 15) is 0 Å². The number of anilines is 1. The van der Waals surface area contributed by atoms with Crippen molar-refractivity contribution in [3.05, 3.63) is 29.8 Å². The maximum absolute atomic E-state index is 3.55. The Kier molecular flexibility index (Phi) is 4.40. The highest BCUT2D eigenvalue weighted by molar-refractivity contribution is 5.47. The van der Waals surface area contributed by atoms with E-state index in [1.165, 1.54) is 11.3 Å². The minimum Gasteiger partial charge on any atom is -0.380 e. The number of rotatable bonds is 6. The summed E-state index contributed by atoms with van der Waals surface area (Å²) in [5, 5.41) is 6.82. The molecule has 1 aliphatic rings. The topological polar surface area (TPSA) is 27.3 Å². The van der Waals surface area contributed by atoms with Gasteiger partial charge in [0.2, 0.25) is 0 Å². The first-order valence-electron chi connectivity index (χ1n) is 6.60. The highest BCUT2D eigenvalue weighted by Gasteiger charge is 2.15. The number of hydrogen-bond donors (Lipinski definition) is 2. The zero-order valence-corrected chi connectivity index (χ0v) is 10.9. The van der Waals surface area contributed by atoms with Gasteiger partial charge in [-0.15, -0.1) is 0 Å². The zero-order chi connectivity index (χ0) is 12.1. The molecular formula is C14H23N3. The van der Waals surface area contributed by atoms with Crippen molar-refractivity contribution in [2.45, 2.75) is 26.4 Å². The van der Waals surface area contributed by atoms with Crippen LogP contribution in [0.25, 0.3) is 0 Å². The third-order valence-corrected chi connectivity index (χ3v) is 3.38. The largest absolute Gasteiger partial charge is 0.380 e. The van der Waals surface area contributed by atoms with E-state index in [1.807, 2.05) is 0 Å². The van der Waals surface area contributed by atoms with E-state index in [0.717, 1.165) is 32.7 Å². The molecule has 0 bridgehead atoms. The molecular weight excluding hydrogens is 210 g/mol. The van der Waals surface area contributed by atoms with Crippen LogP contribution < -0.4 is 10.6 Å². The molecule has 17 heavy (non-hydrogen) atoms. The Morgan fingerprint density at radius 2 is 2.06 bits per heavy atom. The van der Waals surface area contributed by atoms with Crippen LogP contribution in [0, 0.1) is 0 Å². The number of benzene rings is 1. The first-order chi connectivity index (χ1) is 8.31. The summed E-state index contributed by atoms with van der Waals surface area (Å²) in [6.07, 6.45) is 0. The quantitative estimate of drug-likeness (QED) is 0.786. The Labute approximate surface area is 104 Å². The second-order valence-electron chi connectivity index (χ2n) is 4.66. The molecule has 0 radical (unpaired) electrons. The molecule has 3 heteroatoms. The van der Waals surface area contributed by atoms with E-state index in [0.29, 0.717) is 6.04 Å². The Morgan fingerprint density at radius 1 is 1.29 bits per heavy atom. The molecule has 94 valence electrons. The molecule has 0 aliphatic carbocycles. The van der Waals surface area contributed by atoms with Crippen molar-refractivity contribution >= 4 is 5.69 Å². The smallest absolute Gasteiger partial charge is 0.0510 e. The molecule has 2 N–H and O–H groups in total. The summed E-state index contributed by atoms with van der Waals surface area (Å²) < 4.78 is 0. The maximum Gasteiger partial charge on any atom is 0.0510 e. The van der Waals surface area contributed by atoms with Gasteiger partial charge in [-0.05, 0) is 30.8 Å². The normalized spacial score (nSPS) is 15.9. The van der Waals surface area contributed by atoms with E-state index in [2.05, 4.69) is 53.6 Å². The Hall–Kier alpha value is -1.06. The lowest BCUT2D eigenvalue weighted by atomic mass is 10.1. The van der Waals surface area contributed by atoms with Gasteiger partial charge in [0.1, 0.15) is 0 Å². The summed E-state index contributed by atoms with van der Waals surface area (Å²) in [4.78, 5) is 2.43. The molecule has 0 spiro atoms. The number of nitrogens with zero attached hydrogens (tertiary/aromatic N) is 1. The van der Waals surface area contributed by atoms with Gasteiger partial charge in [-0.25, -0.2) is 0 Å². The zero-order valence-electron chi connectivity index (χ0n) is 10.9. The van der Waals surface area contributed by atoms with E-state index in [1.54, 1.807) is 0 Å². The first-order valence-corrected chi connectivity index (χ1v) is 6.60. The Morgan fingerprint density at radius 3 is 2.65 bits per heavy atom. The van der Waals surface area contributed by atoms with Crippen LogP contribution in [0.4, 0.5) is 5.69 Å². The highest BCUT2D eigenvalue weighted by atomic mass is 15.1. The van der Waals surface area contributed by atoms with Gasteiger partial charge in [0.05, 0.1) is 6.04 Å². The van der Waals surface area contributed by atoms with Gasteiger partial charge in [0, 0.05) is 25.3 Å². The fourth-order valence-corrected chi connectivity index (χ4v) is 2.09. The molecule has 1 fully saturated rings. The van der Waals surface area contributed by atoms with Crippen molar-refractivity contribution in [1.29, 1.82) is 0 Å². The molecule has 1 aromatic carbocycles. The van der Waals surface area contributed by atoms with Crippen LogP contribution in [0.15, 0.2) is 24.3 Å². The van der Waals surface area contributed by atoms with Crippen molar-refractivity contribution in [2.75, 3.05) is 31.5 Å². The minimum atomic E-state index is 0.610. The summed E-state index contributed by atoms with van der Waals surface area (Å²) in [6, 6.07) is 9.40. The highest BCUT2D eigenvalue weighted by Crippen LogP contribution is 2.14. The second-order valence-corrected chi connectivity index (χ2v) is 4.66. The van der Waals surface area contributed by atoms with Crippen molar-refractivity contribution in [1.82, 2.24) is 10.2 Å². The van der Waals surface area contributed by atoms with E-state index in [-0.39, 0.29) is 0 Å². The average Bonchev–Trinajstić information content (AvgIpc) is 2.31. The second kappa shape index (κ2) is 6.03. The van der Waals surface area contributed by atoms with Crippen LogP contribution in [0.5, 0.6) is 0 Å². The van der Waals surface area contributed by atoms with E-state index < -0.39 is 0 Å². The molecule has 0 atom stereocenters. The molecule has 3 nitrogen and oxygen atoms in total. The molecule has 2 rings (SSSR count). The van der Waals surface area contributed by atoms with Gasteiger partial charge in [-0.2, -0.15) is 0 Å². The molecule has 1 aromatic rings. The summed E-state index contributed by atoms with van der Waals surface area (Å²) in [5.41, 5.74) is 2.65. The third-order valence-electron chi connectivity index (χ3n) is 3.38. The summed E-state index contributed by atoms with van der Waals surface area (Å²) in [6.45, 7) is 9.87. The molecule has 0 amide bonds. The lowest BCUT2D eigenvalue weighted by Crippen LogP contribution is -2.51. The fraction of sp³-hybridized carbons (Fsp3) is 0.571. The van der Waals surface area contributed by atoms with Crippen LogP contribution in [0.2, 0.25) is 0 Å². The van der Waals surface area contributed by atoms with Crippen LogP contribution in [0.3, 0.4) is 0 Å². The summed E-state index contributed by atoms with van der Waals surface area (Å²) >= 11 is 0. The first kappa shape index (κ1) is 12.4. The Balaban J connectivity index is 1.95. The molecule has 1 heterocycles. The molecule has 1 saturated heterocycles. The number of hydrogen-bond acceptors (Lipinski definition) is 3. The summed E-state index contributed by atoms with van der Waals surface area (Å²) in [7, 11) is 0. The summed E-state index contributed by atoms with van der Waals surface area (Å²) in [5.74, 6) is 0. The average molecular weight is 233 g/mol. The standard InChI is InChI=1S/C14H23N3/c1-3-17(4-2)11-12-6-5-7-13(8-12)16-14-9-15-10-14/h5-8,14-16H,3-4,9-11H2,1-2H3. The van der Waals surface area contributed by atoms with E-state index in [4.69, 9.17) is 0 Å². The predicted molar refractivity (Wildman–Crippen MR) is 73.3 cm³/mol. The molecule has 1 aliphatic heterocycles. The third kappa shape index (κ3) is 3.45. The molecule has 0 aromatic heterocycles. The minimum absolute atomic E-state index is 0.610. The van der Waals surface area contributed by atoms with Gasteiger partial charge in [0.25, 0.3) is 0 Å². The molecule has 0 saturated carbocycles. The lowest BCUT2D eigenvalue weighted by Gasteiger charge is -2.29. The van der Waals surface area contributed by atoms with Crippen molar-refractivity contribution in [3.8, 4) is 0 Å². The maximum atomic E-state index is 3.55. The van der Waals surface area contributed by atoms with Crippen molar-refractivity contribution in [2.24, 2.45) is 0 Å². The lowest BCUT2D eigenvalue weighted by molar-refractivity contribution is 0.296. The van der Waals surface area contributed by atoms with Crippen molar-refractivity contribution < 1.29 is 0 Å². The van der Waals surface area contributed by atoms with Gasteiger partial charge < -0.3 is 10.6 Å². The van der Waals surface area contributed by atoms with Gasteiger partial charge in [-0.3, -0.25) is 4.90 Å². The Bertz CT molecular complexity index is 343. The van der Waals surface area contributed by atoms with Crippen LogP contribution >= 0.6 is 0 Å². The van der Waals surface area contributed by atoms with Gasteiger partial charge in [0.15, 0.2) is 0 Å². The molecule has 0 unspecified atom stereocenters. The van der Waals surface area contributed by atoms with Gasteiger partial charge in [-0.1, -0.05) is 26.0 Å². The van der Waals surface area contributed by atoms with Crippen LogP contribution in [-0.4, -0.2) is 37.1 Å². The predicted octanol–water partition coefficient (Wildman–Crippen LogP) is 1.91.